The lowest BCUT2D eigenvalue weighted by Gasteiger charge is -1.98. The van der Waals surface area contributed by atoms with Crippen molar-refractivity contribution in [1.29, 1.82) is 0 Å². The first-order valence-corrected chi connectivity index (χ1v) is 9.39. The zero-order valence-corrected chi connectivity index (χ0v) is 15.0. The highest BCUT2D eigenvalue weighted by molar-refractivity contribution is 7.22. The first-order chi connectivity index (χ1) is 12.2. The standard InChI is InChI=1S/C18H14N4OS2/c1-11-4-5-14-15(7-11)25-18(21-14)22-16(23)8-13-10-24-17(20-13)12-3-2-6-19-9-12/h2-7,9-10H,8H2,1H3,(H,21,22,23). The highest BCUT2D eigenvalue weighted by atomic mass is 32.1. The second-order valence-electron chi connectivity index (χ2n) is 5.60. The summed E-state index contributed by atoms with van der Waals surface area (Å²) < 4.78 is 1.07. The van der Waals surface area contributed by atoms with Crippen LogP contribution in [0.2, 0.25) is 0 Å². The fourth-order valence-corrected chi connectivity index (χ4v) is 4.21. The Hall–Kier alpha value is -2.64. The molecule has 4 rings (SSSR count). The Morgan fingerprint density at radius 2 is 2.16 bits per heavy atom. The third kappa shape index (κ3) is 3.57. The lowest BCUT2D eigenvalue weighted by atomic mass is 10.2. The van der Waals surface area contributed by atoms with Gasteiger partial charge in [0.15, 0.2) is 5.13 Å². The van der Waals surface area contributed by atoms with Crippen LogP contribution in [0.5, 0.6) is 0 Å². The topological polar surface area (TPSA) is 67.8 Å². The molecule has 0 aliphatic carbocycles. The van der Waals surface area contributed by atoms with Crippen LogP contribution in [-0.2, 0) is 11.2 Å². The molecule has 4 aromatic rings. The van der Waals surface area contributed by atoms with Crippen molar-refractivity contribution >= 4 is 43.9 Å². The average Bonchev–Trinajstić information content (AvgIpc) is 3.21. The molecule has 0 bridgehead atoms. The summed E-state index contributed by atoms with van der Waals surface area (Å²) in [5.74, 6) is -0.112. The SMILES string of the molecule is Cc1ccc2nc(NC(=O)Cc3csc(-c4cccnc4)n3)sc2c1. The van der Waals surface area contributed by atoms with Gasteiger partial charge in [0.25, 0.3) is 0 Å². The van der Waals surface area contributed by atoms with Crippen LogP contribution in [0.25, 0.3) is 20.8 Å². The normalized spacial score (nSPS) is 10.9. The number of amides is 1. The minimum absolute atomic E-state index is 0.112. The van der Waals surface area contributed by atoms with Crippen molar-refractivity contribution < 1.29 is 4.79 Å². The van der Waals surface area contributed by atoms with Gasteiger partial charge in [-0.25, -0.2) is 9.97 Å². The summed E-state index contributed by atoms with van der Waals surface area (Å²) in [4.78, 5) is 25.3. The van der Waals surface area contributed by atoms with E-state index in [-0.39, 0.29) is 12.3 Å². The number of aryl methyl sites for hydroxylation is 1. The van der Waals surface area contributed by atoms with E-state index in [1.165, 1.54) is 28.2 Å². The zero-order chi connectivity index (χ0) is 17.2. The van der Waals surface area contributed by atoms with E-state index >= 15 is 0 Å². The van der Waals surface area contributed by atoms with Crippen molar-refractivity contribution in [3.63, 3.8) is 0 Å². The molecule has 0 aliphatic heterocycles. The Balaban J connectivity index is 1.46. The number of fused-ring (bicyclic) bond motifs is 1. The summed E-state index contributed by atoms with van der Waals surface area (Å²) in [6.07, 6.45) is 3.72. The Morgan fingerprint density at radius 3 is 3.00 bits per heavy atom. The number of thiazole rings is 2. The molecule has 1 aromatic carbocycles. The number of hydrogen-bond donors (Lipinski definition) is 1. The minimum atomic E-state index is -0.112. The zero-order valence-electron chi connectivity index (χ0n) is 13.4. The van der Waals surface area contributed by atoms with E-state index in [9.17, 15) is 4.79 Å². The molecule has 0 radical (unpaired) electrons. The van der Waals surface area contributed by atoms with E-state index in [1.54, 1.807) is 12.4 Å². The van der Waals surface area contributed by atoms with Gasteiger partial charge in [-0.3, -0.25) is 9.78 Å². The van der Waals surface area contributed by atoms with Gasteiger partial charge >= 0.3 is 0 Å². The Morgan fingerprint density at radius 1 is 1.24 bits per heavy atom. The van der Waals surface area contributed by atoms with Crippen LogP contribution in [0.3, 0.4) is 0 Å². The van der Waals surface area contributed by atoms with Crippen LogP contribution in [0.15, 0.2) is 48.1 Å². The van der Waals surface area contributed by atoms with Crippen LogP contribution in [0.1, 0.15) is 11.3 Å². The van der Waals surface area contributed by atoms with Crippen molar-refractivity contribution in [1.82, 2.24) is 15.0 Å². The number of carbonyl (C=O) groups excluding carboxylic acids is 1. The molecule has 0 spiro atoms. The minimum Gasteiger partial charge on any atom is -0.302 e. The molecule has 0 aliphatic rings. The van der Waals surface area contributed by atoms with Crippen molar-refractivity contribution in [3.8, 4) is 10.6 Å². The third-order valence-corrected chi connectivity index (χ3v) is 5.47. The smallest absolute Gasteiger partial charge is 0.232 e. The van der Waals surface area contributed by atoms with Crippen LogP contribution in [-0.4, -0.2) is 20.9 Å². The number of rotatable bonds is 4. The molecule has 7 heteroatoms. The highest BCUT2D eigenvalue weighted by Gasteiger charge is 2.12. The molecule has 5 nitrogen and oxygen atoms in total. The molecular formula is C18H14N4OS2. The van der Waals surface area contributed by atoms with Gasteiger partial charge in [0.2, 0.25) is 5.91 Å². The molecule has 0 unspecified atom stereocenters. The summed E-state index contributed by atoms with van der Waals surface area (Å²) in [7, 11) is 0. The van der Waals surface area contributed by atoms with Crippen LogP contribution in [0.4, 0.5) is 5.13 Å². The average molecular weight is 366 g/mol. The van der Waals surface area contributed by atoms with E-state index in [0.29, 0.717) is 5.13 Å². The number of aromatic nitrogens is 3. The number of anilines is 1. The Kier molecular flexibility index (Phi) is 4.25. The number of nitrogens with zero attached hydrogens (tertiary/aromatic N) is 3. The highest BCUT2D eigenvalue weighted by Crippen LogP contribution is 2.27. The number of hydrogen-bond acceptors (Lipinski definition) is 6. The molecule has 25 heavy (non-hydrogen) atoms. The second-order valence-corrected chi connectivity index (χ2v) is 7.49. The van der Waals surface area contributed by atoms with E-state index < -0.39 is 0 Å². The first kappa shape index (κ1) is 15.9. The molecule has 3 heterocycles. The van der Waals surface area contributed by atoms with Crippen LogP contribution < -0.4 is 5.32 Å². The van der Waals surface area contributed by atoms with Gasteiger partial charge in [-0.1, -0.05) is 17.4 Å². The summed E-state index contributed by atoms with van der Waals surface area (Å²) in [5.41, 5.74) is 3.79. The Labute approximate surface area is 152 Å². The lowest BCUT2D eigenvalue weighted by molar-refractivity contribution is -0.115. The molecule has 124 valence electrons. The maximum Gasteiger partial charge on any atom is 0.232 e. The van der Waals surface area contributed by atoms with E-state index in [1.807, 2.05) is 36.6 Å². The third-order valence-electron chi connectivity index (χ3n) is 3.59. The molecule has 1 amide bonds. The van der Waals surface area contributed by atoms with Gasteiger partial charge in [-0.15, -0.1) is 11.3 Å². The van der Waals surface area contributed by atoms with Crippen LogP contribution >= 0.6 is 22.7 Å². The monoisotopic (exact) mass is 366 g/mol. The van der Waals surface area contributed by atoms with Gasteiger partial charge in [0.1, 0.15) is 5.01 Å². The number of nitrogens with one attached hydrogen (secondary N) is 1. The predicted octanol–water partition coefficient (Wildman–Crippen LogP) is 4.30. The maximum absolute atomic E-state index is 12.3. The molecule has 0 atom stereocenters. The summed E-state index contributed by atoms with van der Waals surface area (Å²) in [6.45, 7) is 2.04. The number of benzene rings is 1. The number of carbonyl (C=O) groups is 1. The summed E-state index contributed by atoms with van der Waals surface area (Å²) in [5, 5.41) is 6.26. The van der Waals surface area contributed by atoms with Gasteiger partial charge < -0.3 is 5.32 Å². The molecule has 0 saturated carbocycles. The van der Waals surface area contributed by atoms with Crippen molar-refractivity contribution in [3.05, 3.63) is 59.4 Å². The lowest BCUT2D eigenvalue weighted by Crippen LogP contribution is -2.14. The Bertz CT molecular complexity index is 1040. The van der Waals surface area contributed by atoms with Crippen molar-refractivity contribution in [2.45, 2.75) is 13.3 Å². The van der Waals surface area contributed by atoms with Crippen molar-refractivity contribution in [2.75, 3.05) is 5.32 Å². The van der Waals surface area contributed by atoms with Gasteiger partial charge in [0, 0.05) is 23.3 Å². The molecule has 3 aromatic heterocycles. The van der Waals surface area contributed by atoms with E-state index in [4.69, 9.17) is 0 Å². The van der Waals surface area contributed by atoms with Gasteiger partial charge in [0.05, 0.1) is 22.3 Å². The molecule has 0 fully saturated rings. The fraction of sp³-hybridized carbons (Fsp3) is 0.111. The van der Waals surface area contributed by atoms with Gasteiger partial charge in [-0.2, -0.15) is 0 Å². The second kappa shape index (κ2) is 6.70. The predicted molar refractivity (Wildman–Crippen MR) is 102 cm³/mol. The molecule has 0 saturated heterocycles. The maximum atomic E-state index is 12.3. The molecular weight excluding hydrogens is 352 g/mol. The van der Waals surface area contributed by atoms with Crippen molar-refractivity contribution in [2.24, 2.45) is 0 Å². The van der Waals surface area contributed by atoms with E-state index in [2.05, 4.69) is 26.3 Å². The first-order valence-electron chi connectivity index (χ1n) is 7.69. The quantitative estimate of drug-likeness (QED) is 0.584. The largest absolute Gasteiger partial charge is 0.302 e. The number of pyridine rings is 1. The van der Waals surface area contributed by atoms with Gasteiger partial charge in [-0.05, 0) is 36.8 Å². The van der Waals surface area contributed by atoms with E-state index in [0.717, 1.165) is 26.5 Å². The summed E-state index contributed by atoms with van der Waals surface area (Å²) in [6, 6.07) is 9.89. The molecule has 1 N–H and O–H groups in total. The fourth-order valence-electron chi connectivity index (χ4n) is 2.42. The van der Waals surface area contributed by atoms with Crippen LogP contribution in [0, 0.1) is 6.92 Å². The summed E-state index contributed by atoms with van der Waals surface area (Å²) >= 11 is 3.00.